The predicted molar refractivity (Wildman–Crippen MR) is 45.4 cm³/mol. The molecule has 0 saturated heterocycles. The number of nitrogens with zero attached hydrogens (tertiary/aromatic N) is 4. The van der Waals surface area contributed by atoms with Crippen molar-refractivity contribution in [2.45, 2.75) is 13.5 Å². The predicted octanol–water partition coefficient (Wildman–Crippen LogP) is 1.28. The minimum atomic E-state index is 0.362. The summed E-state index contributed by atoms with van der Waals surface area (Å²) in [6.45, 7) is 2.37. The largest absolute Gasteiger partial charge is 0.364 e. The zero-order valence-corrected chi connectivity index (χ0v) is 7.69. The monoisotopic (exact) mass is 198 g/mol. The van der Waals surface area contributed by atoms with Gasteiger partial charge < -0.3 is 4.52 Å². The van der Waals surface area contributed by atoms with Crippen LogP contribution in [0.1, 0.15) is 11.5 Å². The van der Waals surface area contributed by atoms with Crippen molar-refractivity contribution < 1.29 is 4.52 Å². The van der Waals surface area contributed by atoms with Crippen LogP contribution in [0.4, 0.5) is 0 Å². The molecule has 0 amide bonds. The molecule has 2 heterocycles. The van der Waals surface area contributed by atoms with E-state index in [4.69, 9.17) is 16.1 Å². The van der Waals surface area contributed by atoms with E-state index in [1.807, 2.05) is 6.92 Å². The van der Waals surface area contributed by atoms with E-state index in [2.05, 4.69) is 15.4 Å². The molecule has 0 fully saturated rings. The first-order chi connectivity index (χ1) is 6.27. The molecule has 0 aliphatic heterocycles. The first-order valence-electron chi connectivity index (χ1n) is 3.72. The van der Waals surface area contributed by atoms with E-state index >= 15 is 0 Å². The van der Waals surface area contributed by atoms with Gasteiger partial charge in [0.05, 0.1) is 6.54 Å². The third kappa shape index (κ3) is 1.55. The van der Waals surface area contributed by atoms with Gasteiger partial charge in [0.2, 0.25) is 5.28 Å². The molecule has 0 aliphatic carbocycles. The highest BCUT2D eigenvalue weighted by atomic mass is 35.5. The van der Waals surface area contributed by atoms with Crippen LogP contribution in [0.5, 0.6) is 0 Å². The number of hydrogen-bond acceptors (Lipinski definition) is 4. The maximum absolute atomic E-state index is 5.79. The fourth-order valence-electron chi connectivity index (χ4n) is 1.02. The molecule has 0 spiro atoms. The van der Waals surface area contributed by atoms with Crippen molar-refractivity contribution in [3.05, 3.63) is 29.1 Å². The second kappa shape index (κ2) is 3.18. The van der Waals surface area contributed by atoms with Crippen LogP contribution in [-0.4, -0.2) is 19.9 Å². The van der Waals surface area contributed by atoms with Crippen molar-refractivity contribution in [1.29, 1.82) is 0 Å². The second-order valence-electron chi connectivity index (χ2n) is 2.59. The molecule has 2 aromatic heterocycles. The summed E-state index contributed by atoms with van der Waals surface area (Å²) in [5.41, 5.74) is 0.796. The molecule has 0 N–H and O–H groups in total. The molecule has 0 saturated carbocycles. The van der Waals surface area contributed by atoms with Crippen molar-refractivity contribution in [2.75, 3.05) is 0 Å². The molecule has 0 aromatic carbocycles. The van der Waals surface area contributed by atoms with Crippen LogP contribution < -0.4 is 0 Å². The Hall–Kier alpha value is -1.36. The molecule has 5 nitrogen and oxygen atoms in total. The molecule has 0 atom stereocenters. The van der Waals surface area contributed by atoms with E-state index < -0.39 is 0 Å². The molecular weight excluding hydrogens is 192 g/mol. The van der Waals surface area contributed by atoms with E-state index in [1.54, 1.807) is 10.6 Å². The average molecular weight is 199 g/mol. The maximum Gasteiger partial charge on any atom is 0.225 e. The Kier molecular flexibility index (Phi) is 2.02. The molecule has 13 heavy (non-hydrogen) atoms. The zero-order valence-electron chi connectivity index (χ0n) is 6.94. The quantitative estimate of drug-likeness (QED) is 0.730. The highest BCUT2D eigenvalue weighted by molar-refractivity contribution is 6.28. The fraction of sp³-hybridized carbons (Fsp3) is 0.286. The Balaban J connectivity index is 2.27. The lowest BCUT2D eigenvalue weighted by Gasteiger charge is -2.00. The Morgan fingerprint density at radius 3 is 2.92 bits per heavy atom. The Labute approximate surface area is 79.3 Å². The minimum absolute atomic E-state index is 0.362. The Morgan fingerprint density at radius 1 is 1.54 bits per heavy atom. The van der Waals surface area contributed by atoms with Gasteiger partial charge in [0, 0.05) is 6.07 Å². The third-order valence-corrected chi connectivity index (χ3v) is 1.98. The van der Waals surface area contributed by atoms with Crippen molar-refractivity contribution in [3.8, 4) is 0 Å². The van der Waals surface area contributed by atoms with Gasteiger partial charge in [0.25, 0.3) is 0 Å². The summed E-state index contributed by atoms with van der Waals surface area (Å²) >= 11 is 5.79. The smallest absolute Gasteiger partial charge is 0.225 e. The molecule has 2 aromatic rings. The van der Waals surface area contributed by atoms with Crippen molar-refractivity contribution in [1.82, 2.24) is 19.9 Å². The van der Waals surface area contributed by atoms with Gasteiger partial charge >= 0.3 is 0 Å². The molecule has 0 bridgehead atoms. The lowest BCUT2D eigenvalue weighted by Crippen LogP contribution is -2.02. The first-order valence-corrected chi connectivity index (χ1v) is 4.10. The normalized spacial score (nSPS) is 10.6. The summed E-state index contributed by atoms with van der Waals surface area (Å²) in [7, 11) is 0. The van der Waals surface area contributed by atoms with E-state index in [0.29, 0.717) is 11.8 Å². The summed E-state index contributed by atoms with van der Waals surface area (Å²) < 4.78 is 6.45. The lowest BCUT2D eigenvalue weighted by atomic mass is 10.4. The highest BCUT2D eigenvalue weighted by Crippen LogP contribution is 2.09. The molecule has 0 aliphatic rings. The van der Waals surface area contributed by atoms with Crippen LogP contribution in [0.2, 0.25) is 5.28 Å². The number of hydrogen-bond donors (Lipinski definition) is 0. The maximum atomic E-state index is 5.79. The van der Waals surface area contributed by atoms with E-state index in [0.717, 1.165) is 11.5 Å². The lowest BCUT2D eigenvalue weighted by molar-refractivity contribution is 0.409. The van der Waals surface area contributed by atoms with Crippen LogP contribution >= 0.6 is 11.6 Å². The molecule has 0 unspecified atom stereocenters. The summed E-state index contributed by atoms with van der Waals surface area (Å²) in [5.74, 6) is 0.757. The molecular formula is C7H7ClN4O. The SMILES string of the molecule is Cc1nnc(Cl)n1Cc1ccon1. The minimum Gasteiger partial charge on any atom is -0.364 e. The van der Waals surface area contributed by atoms with Gasteiger partial charge in [0.1, 0.15) is 17.8 Å². The van der Waals surface area contributed by atoms with Gasteiger partial charge in [-0.1, -0.05) is 5.16 Å². The third-order valence-electron chi connectivity index (χ3n) is 1.70. The van der Waals surface area contributed by atoms with Crippen LogP contribution in [-0.2, 0) is 6.54 Å². The van der Waals surface area contributed by atoms with Gasteiger partial charge in [0.15, 0.2) is 0 Å². The van der Waals surface area contributed by atoms with Crippen LogP contribution in [0, 0.1) is 6.92 Å². The molecule has 0 radical (unpaired) electrons. The number of halogens is 1. The highest BCUT2D eigenvalue weighted by Gasteiger charge is 2.07. The number of aromatic nitrogens is 4. The van der Waals surface area contributed by atoms with Crippen LogP contribution in [0.15, 0.2) is 16.9 Å². The van der Waals surface area contributed by atoms with Crippen molar-refractivity contribution in [3.63, 3.8) is 0 Å². The first kappa shape index (κ1) is 8.25. The number of rotatable bonds is 2. The second-order valence-corrected chi connectivity index (χ2v) is 2.93. The van der Waals surface area contributed by atoms with Gasteiger partial charge in [-0.15, -0.1) is 10.2 Å². The van der Waals surface area contributed by atoms with Gasteiger partial charge in [-0.25, -0.2) is 0 Å². The van der Waals surface area contributed by atoms with E-state index in [-0.39, 0.29) is 0 Å². The summed E-state index contributed by atoms with van der Waals surface area (Å²) in [6.07, 6.45) is 1.52. The zero-order chi connectivity index (χ0) is 9.26. The molecule has 68 valence electrons. The van der Waals surface area contributed by atoms with Crippen LogP contribution in [0.3, 0.4) is 0 Å². The summed E-state index contributed by atoms with van der Waals surface area (Å²) in [6, 6.07) is 1.77. The Morgan fingerprint density at radius 2 is 2.38 bits per heavy atom. The van der Waals surface area contributed by atoms with Crippen LogP contribution in [0.25, 0.3) is 0 Å². The molecule has 6 heteroatoms. The van der Waals surface area contributed by atoms with Gasteiger partial charge in [-0.3, -0.25) is 4.57 Å². The van der Waals surface area contributed by atoms with Gasteiger partial charge in [-0.05, 0) is 18.5 Å². The summed E-state index contributed by atoms with van der Waals surface area (Å²) in [4.78, 5) is 0. The topological polar surface area (TPSA) is 56.7 Å². The van der Waals surface area contributed by atoms with Gasteiger partial charge in [-0.2, -0.15) is 0 Å². The molecule has 2 rings (SSSR count). The standard InChI is InChI=1S/C7H7ClN4O/c1-5-9-10-7(8)12(5)4-6-2-3-13-11-6/h2-3H,4H2,1H3. The van der Waals surface area contributed by atoms with Crippen molar-refractivity contribution >= 4 is 11.6 Å². The van der Waals surface area contributed by atoms with E-state index in [9.17, 15) is 0 Å². The van der Waals surface area contributed by atoms with Crippen molar-refractivity contribution in [2.24, 2.45) is 0 Å². The average Bonchev–Trinajstić information content (AvgIpc) is 2.70. The Bertz CT molecular complexity index is 375. The number of aryl methyl sites for hydroxylation is 1. The van der Waals surface area contributed by atoms with E-state index in [1.165, 1.54) is 6.26 Å². The fourth-order valence-corrected chi connectivity index (χ4v) is 1.24. The summed E-state index contributed by atoms with van der Waals surface area (Å²) in [5, 5.41) is 11.7.